The lowest BCUT2D eigenvalue weighted by atomic mass is 10.1. The SMILES string of the molecule is CCOCCCN(CC(C)C(=O)OC)C(=O)Cc1ccc(F)cc1. The summed E-state index contributed by atoms with van der Waals surface area (Å²) < 4.78 is 23.0. The molecule has 0 spiro atoms. The Kier molecular flexibility index (Phi) is 9.01. The Morgan fingerprint density at radius 2 is 1.92 bits per heavy atom. The minimum Gasteiger partial charge on any atom is -0.469 e. The monoisotopic (exact) mass is 339 g/mol. The van der Waals surface area contributed by atoms with Crippen LogP contribution >= 0.6 is 0 Å². The molecule has 0 saturated carbocycles. The maximum atomic E-state index is 13.0. The molecule has 1 unspecified atom stereocenters. The normalized spacial score (nSPS) is 11.8. The van der Waals surface area contributed by atoms with Crippen LogP contribution < -0.4 is 0 Å². The largest absolute Gasteiger partial charge is 0.469 e. The van der Waals surface area contributed by atoms with Crippen LogP contribution in [0.25, 0.3) is 0 Å². The average molecular weight is 339 g/mol. The molecule has 0 aromatic heterocycles. The van der Waals surface area contributed by atoms with Crippen molar-refractivity contribution < 1.29 is 23.5 Å². The van der Waals surface area contributed by atoms with Crippen LogP contribution in [0.1, 0.15) is 25.8 Å². The number of benzene rings is 1. The number of rotatable bonds is 10. The summed E-state index contributed by atoms with van der Waals surface area (Å²) in [6, 6.07) is 5.85. The molecule has 1 aromatic rings. The number of amides is 1. The van der Waals surface area contributed by atoms with Crippen LogP contribution in [0.2, 0.25) is 0 Å². The molecule has 0 heterocycles. The van der Waals surface area contributed by atoms with Crippen molar-refractivity contribution in [2.45, 2.75) is 26.7 Å². The molecule has 0 fully saturated rings. The molecule has 5 nitrogen and oxygen atoms in total. The molecular formula is C18H26FNO4. The van der Waals surface area contributed by atoms with Crippen LogP contribution in [-0.2, 0) is 25.5 Å². The van der Waals surface area contributed by atoms with Crippen LogP contribution in [-0.4, -0.2) is 50.2 Å². The lowest BCUT2D eigenvalue weighted by Gasteiger charge is -2.25. The zero-order valence-electron chi connectivity index (χ0n) is 14.6. The average Bonchev–Trinajstić information content (AvgIpc) is 2.58. The fourth-order valence-corrected chi connectivity index (χ4v) is 2.31. The maximum absolute atomic E-state index is 13.0. The second-order valence-corrected chi connectivity index (χ2v) is 5.62. The van der Waals surface area contributed by atoms with Gasteiger partial charge in [-0.2, -0.15) is 0 Å². The summed E-state index contributed by atoms with van der Waals surface area (Å²) in [4.78, 5) is 25.8. The zero-order chi connectivity index (χ0) is 17.9. The van der Waals surface area contributed by atoms with Gasteiger partial charge in [-0.15, -0.1) is 0 Å². The van der Waals surface area contributed by atoms with Crippen molar-refractivity contribution in [1.82, 2.24) is 4.90 Å². The first-order valence-electron chi connectivity index (χ1n) is 8.15. The van der Waals surface area contributed by atoms with E-state index in [-0.39, 0.29) is 24.1 Å². The first kappa shape index (κ1) is 20.1. The molecule has 1 atom stereocenters. The molecule has 0 radical (unpaired) electrons. The molecule has 6 heteroatoms. The van der Waals surface area contributed by atoms with Crippen LogP contribution in [0.5, 0.6) is 0 Å². The third-order valence-electron chi connectivity index (χ3n) is 3.64. The van der Waals surface area contributed by atoms with E-state index in [4.69, 9.17) is 9.47 Å². The lowest BCUT2D eigenvalue weighted by molar-refractivity contribution is -0.146. The molecule has 1 rings (SSSR count). The van der Waals surface area contributed by atoms with Crippen molar-refractivity contribution >= 4 is 11.9 Å². The zero-order valence-corrected chi connectivity index (χ0v) is 14.6. The maximum Gasteiger partial charge on any atom is 0.310 e. The van der Waals surface area contributed by atoms with Gasteiger partial charge < -0.3 is 14.4 Å². The van der Waals surface area contributed by atoms with Crippen molar-refractivity contribution in [2.75, 3.05) is 33.4 Å². The highest BCUT2D eigenvalue weighted by Crippen LogP contribution is 2.09. The van der Waals surface area contributed by atoms with Gasteiger partial charge in [-0.25, -0.2) is 4.39 Å². The van der Waals surface area contributed by atoms with Gasteiger partial charge in [-0.05, 0) is 31.0 Å². The van der Waals surface area contributed by atoms with Crippen LogP contribution in [0.3, 0.4) is 0 Å². The first-order chi connectivity index (χ1) is 11.5. The number of esters is 1. The number of carbonyl (C=O) groups is 2. The summed E-state index contributed by atoms with van der Waals surface area (Å²) in [5.74, 6) is -1.19. The van der Waals surface area contributed by atoms with Crippen LogP contribution in [0, 0.1) is 11.7 Å². The van der Waals surface area contributed by atoms with Gasteiger partial charge in [-0.3, -0.25) is 9.59 Å². The Morgan fingerprint density at radius 3 is 2.50 bits per heavy atom. The van der Waals surface area contributed by atoms with Gasteiger partial charge in [0.15, 0.2) is 0 Å². The van der Waals surface area contributed by atoms with Gasteiger partial charge in [0, 0.05) is 26.3 Å². The van der Waals surface area contributed by atoms with Crippen molar-refractivity contribution in [2.24, 2.45) is 5.92 Å². The van der Waals surface area contributed by atoms with Crippen molar-refractivity contribution in [3.63, 3.8) is 0 Å². The Labute approximate surface area is 142 Å². The number of hydrogen-bond acceptors (Lipinski definition) is 4. The molecule has 1 amide bonds. The van der Waals surface area contributed by atoms with Gasteiger partial charge in [0.25, 0.3) is 0 Å². The van der Waals surface area contributed by atoms with E-state index in [0.29, 0.717) is 32.7 Å². The highest BCUT2D eigenvalue weighted by Gasteiger charge is 2.21. The third-order valence-corrected chi connectivity index (χ3v) is 3.64. The van der Waals surface area contributed by atoms with Crippen LogP contribution in [0.4, 0.5) is 4.39 Å². The van der Waals surface area contributed by atoms with Crippen molar-refractivity contribution in [3.8, 4) is 0 Å². The summed E-state index contributed by atoms with van der Waals surface area (Å²) in [5, 5.41) is 0. The van der Waals surface area contributed by atoms with Crippen LogP contribution in [0.15, 0.2) is 24.3 Å². The van der Waals surface area contributed by atoms with Crippen molar-refractivity contribution in [3.05, 3.63) is 35.6 Å². The lowest BCUT2D eigenvalue weighted by Crippen LogP contribution is -2.39. The summed E-state index contributed by atoms with van der Waals surface area (Å²) in [6.07, 6.45) is 0.861. The van der Waals surface area contributed by atoms with E-state index in [0.717, 1.165) is 5.56 Å². The topological polar surface area (TPSA) is 55.8 Å². The number of nitrogens with zero attached hydrogens (tertiary/aromatic N) is 1. The fraction of sp³-hybridized carbons (Fsp3) is 0.556. The minimum atomic E-state index is -0.403. The molecule has 0 aliphatic rings. The van der Waals surface area contributed by atoms with E-state index < -0.39 is 5.92 Å². The van der Waals surface area contributed by atoms with E-state index in [1.54, 1.807) is 24.0 Å². The molecule has 0 aliphatic carbocycles. The quantitative estimate of drug-likeness (QED) is 0.485. The smallest absolute Gasteiger partial charge is 0.310 e. The molecule has 1 aromatic carbocycles. The molecule has 0 N–H and O–H groups in total. The number of ether oxygens (including phenoxy) is 2. The predicted octanol–water partition coefficient (Wildman–Crippen LogP) is 2.43. The number of methoxy groups -OCH3 is 1. The fourth-order valence-electron chi connectivity index (χ4n) is 2.31. The van der Waals surface area contributed by atoms with Gasteiger partial charge in [0.05, 0.1) is 19.4 Å². The highest BCUT2D eigenvalue weighted by atomic mass is 19.1. The van der Waals surface area contributed by atoms with E-state index >= 15 is 0 Å². The summed E-state index contributed by atoms with van der Waals surface area (Å²) in [5.41, 5.74) is 0.738. The summed E-state index contributed by atoms with van der Waals surface area (Å²) in [6.45, 7) is 5.62. The molecular weight excluding hydrogens is 313 g/mol. The van der Waals surface area contributed by atoms with E-state index in [9.17, 15) is 14.0 Å². The second kappa shape index (κ2) is 10.8. The summed E-state index contributed by atoms with van der Waals surface area (Å²) in [7, 11) is 1.33. The van der Waals surface area contributed by atoms with Gasteiger partial charge in [0.2, 0.25) is 5.91 Å². The van der Waals surface area contributed by atoms with E-state index in [1.165, 1.54) is 19.2 Å². The summed E-state index contributed by atoms with van der Waals surface area (Å²) >= 11 is 0. The highest BCUT2D eigenvalue weighted by molar-refractivity contribution is 5.80. The van der Waals surface area contributed by atoms with E-state index in [1.807, 2.05) is 6.92 Å². The van der Waals surface area contributed by atoms with E-state index in [2.05, 4.69) is 0 Å². The first-order valence-corrected chi connectivity index (χ1v) is 8.15. The third kappa shape index (κ3) is 7.08. The predicted molar refractivity (Wildman–Crippen MR) is 89.0 cm³/mol. The standard InChI is InChI=1S/C18H26FNO4/c1-4-24-11-5-10-20(13-14(2)18(22)23-3)17(21)12-15-6-8-16(19)9-7-15/h6-9,14H,4-5,10-13H2,1-3H3. The number of halogens is 1. The molecule has 134 valence electrons. The minimum absolute atomic E-state index is 0.103. The Hall–Kier alpha value is -1.95. The molecule has 24 heavy (non-hydrogen) atoms. The Bertz CT molecular complexity index is 518. The number of hydrogen-bond donors (Lipinski definition) is 0. The Morgan fingerprint density at radius 1 is 1.25 bits per heavy atom. The van der Waals surface area contributed by atoms with Crippen molar-refractivity contribution in [1.29, 1.82) is 0 Å². The van der Waals surface area contributed by atoms with Gasteiger partial charge in [0.1, 0.15) is 5.82 Å². The Balaban J connectivity index is 2.68. The molecule has 0 saturated heterocycles. The molecule has 0 bridgehead atoms. The van der Waals surface area contributed by atoms with Gasteiger partial charge >= 0.3 is 5.97 Å². The second-order valence-electron chi connectivity index (χ2n) is 5.62. The number of carbonyl (C=O) groups excluding carboxylic acids is 2. The molecule has 0 aliphatic heterocycles. The van der Waals surface area contributed by atoms with Gasteiger partial charge in [-0.1, -0.05) is 19.1 Å².